The van der Waals surface area contributed by atoms with Crippen molar-refractivity contribution in [3.8, 4) is 0 Å². The fourth-order valence-corrected chi connectivity index (χ4v) is 2.32. The highest BCUT2D eigenvalue weighted by atomic mass is 16.7. The van der Waals surface area contributed by atoms with Crippen molar-refractivity contribution < 1.29 is 14.1 Å². The summed E-state index contributed by atoms with van der Waals surface area (Å²) in [6.07, 6.45) is 0. The summed E-state index contributed by atoms with van der Waals surface area (Å²) in [4.78, 5) is 13.7. The molecule has 0 radical (unpaired) electrons. The second kappa shape index (κ2) is 5.59. The van der Waals surface area contributed by atoms with Crippen LogP contribution >= 0.6 is 0 Å². The van der Waals surface area contributed by atoms with E-state index in [1.54, 1.807) is 26.0 Å². The number of nitrogens with one attached hydrogen (secondary N) is 1. The first-order valence-electron chi connectivity index (χ1n) is 7.48. The summed E-state index contributed by atoms with van der Waals surface area (Å²) in [5, 5.41) is 3.08. The van der Waals surface area contributed by atoms with Crippen LogP contribution in [0.15, 0.2) is 18.2 Å². The summed E-state index contributed by atoms with van der Waals surface area (Å²) in [5.41, 5.74) is 1.54. The van der Waals surface area contributed by atoms with E-state index in [1.807, 2.05) is 45.9 Å². The average Bonchev–Trinajstić information content (AvgIpc) is 2.65. The van der Waals surface area contributed by atoms with Crippen molar-refractivity contribution in [1.82, 2.24) is 4.90 Å². The fraction of sp³-hybridized carbons (Fsp3) is 0.562. The number of benzene rings is 1. The Morgan fingerprint density at radius 1 is 1.14 bits per heavy atom. The smallest absolute Gasteiger partial charge is 0.399 e. The Kier molecular flexibility index (Phi) is 4.28. The Hall–Kier alpha value is -1.53. The first-order valence-corrected chi connectivity index (χ1v) is 7.48. The van der Waals surface area contributed by atoms with Gasteiger partial charge in [-0.15, -0.1) is 0 Å². The SMILES string of the molecule is CNc1cc(B2OC(C)(C)C(C)(C)O2)ccc1C(=O)N(C)C. The van der Waals surface area contributed by atoms with Crippen molar-refractivity contribution in [3.05, 3.63) is 23.8 Å². The first kappa shape index (κ1) is 16.8. The van der Waals surface area contributed by atoms with E-state index in [1.165, 1.54) is 0 Å². The molecule has 1 saturated heterocycles. The second-order valence-corrected chi connectivity index (χ2v) is 6.84. The number of hydrogen-bond acceptors (Lipinski definition) is 4. The molecule has 6 heteroatoms. The minimum absolute atomic E-state index is 0.0372. The number of hydrogen-bond donors (Lipinski definition) is 1. The van der Waals surface area contributed by atoms with Gasteiger partial charge in [0.2, 0.25) is 0 Å². The fourth-order valence-electron chi connectivity index (χ4n) is 2.32. The molecule has 0 unspecified atom stereocenters. The van der Waals surface area contributed by atoms with Gasteiger partial charge in [-0.1, -0.05) is 6.07 Å². The molecule has 1 N–H and O–H groups in total. The quantitative estimate of drug-likeness (QED) is 0.864. The number of amides is 1. The maximum atomic E-state index is 12.2. The molecule has 22 heavy (non-hydrogen) atoms. The lowest BCUT2D eigenvalue weighted by Crippen LogP contribution is -2.41. The predicted molar refractivity (Wildman–Crippen MR) is 89.7 cm³/mol. The molecule has 5 nitrogen and oxygen atoms in total. The molecule has 1 heterocycles. The zero-order valence-electron chi connectivity index (χ0n) is 14.5. The molecule has 0 bridgehead atoms. The molecule has 1 aliphatic heterocycles. The van der Waals surface area contributed by atoms with Gasteiger partial charge in [0, 0.05) is 26.8 Å². The van der Waals surface area contributed by atoms with E-state index >= 15 is 0 Å². The Bertz CT molecular complexity index is 569. The number of carbonyl (C=O) groups is 1. The molecular weight excluding hydrogens is 279 g/mol. The molecule has 1 fully saturated rings. The molecule has 0 aromatic heterocycles. The van der Waals surface area contributed by atoms with E-state index < -0.39 is 7.12 Å². The van der Waals surface area contributed by atoms with E-state index in [0.717, 1.165) is 11.2 Å². The van der Waals surface area contributed by atoms with Crippen molar-refractivity contribution in [2.24, 2.45) is 0 Å². The van der Waals surface area contributed by atoms with Crippen LogP contribution in [0.4, 0.5) is 5.69 Å². The minimum Gasteiger partial charge on any atom is -0.399 e. The van der Waals surface area contributed by atoms with Crippen molar-refractivity contribution >= 4 is 24.2 Å². The van der Waals surface area contributed by atoms with Gasteiger partial charge in [-0.25, -0.2) is 0 Å². The largest absolute Gasteiger partial charge is 0.494 e. The third-order valence-corrected chi connectivity index (χ3v) is 4.47. The molecule has 0 saturated carbocycles. The van der Waals surface area contributed by atoms with Crippen molar-refractivity contribution in [2.75, 3.05) is 26.5 Å². The summed E-state index contributed by atoms with van der Waals surface area (Å²) in [6, 6.07) is 5.62. The van der Waals surface area contributed by atoms with E-state index in [-0.39, 0.29) is 17.1 Å². The number of anilines is 1. The monoisotopic (exact) mass is 304 g/mol. The van der Waals surface area contributed by atoms with Gasteiger partial charge in [0.05, 0.1) is 16.8 Å². The lowest BCUT2D eigenvalue weighted by molar-refractivity contribution is 0.00578. The van der Waals surface area contributed by atoms with Crippen LogP contribution in [0.1, 0.15) is 38.1 Å². The average molecular weight is 304 g/mol. The predicted octanol–water partition coefficient (Wildman–Crippen LogP) is 1.73. The zero-order chi connectivity index (χ0) is 16.7. The zero-order valence-corrected chi connectivity index (χ0v) is 14.5. The van der Waals surface area contributed by atoms with Crippen LogP contribution < -0.4 is 10.8 Å². The third-order valence-electron chi connectivity index (χ3n) is 4.47. The van der Waals surface area contributed by atoms with Crippen LogP contribution in [0, 0.1) is 0 Å². The van der Waals surface area contributed by atoms with E-state index in [2.05, 4.69) is 5.32 Å². The van der Waals surface area contributed by atoms with Crippen LogP contribution in [-0.2, 0) is 9.31 Å². The molecule has 1 aromatic carbocycles. The van der Waals surface area contributed by atoms with Crippen molar-refractivity contribution in [1.29, 1.82) is 0 Å². The van der Waals surface area contributed by atoms with E-state index in [9.17, 15) is 4.79 Å². The van der Waals surface area contributed by atoms with Crippen LogP contribution in [0.3, 0.4) is 0 Å². The first-order chi connectivity index (χ1) is 10.1. The molecule has 2 rings (SSSR count). The molecule has 1 aromatic rings. The van der Waals surface area contributed by atoms with E-state index in [4.69, 9.17) is 9.31 Å². The maximum absolute atomic E-state index is 12.2. The van der Waals surface area contributed by atoms with Crippen LogP contribution in [-0.4, -0.2) is 50.3 Å². The van der Waals surface area contributed by atoms with Crippen LogP contribution in [0.5, 0.6) is 0 Å². The molecule has 0 aliphatic carbocycles. The highest BCUT2D eigenvalue weighted by molar-refractivity contribution is 6.62. The highest BCUT2D eigenvalue weighted by Crippen LogP contribution is 2.36. The van der Waals surface area contributed by atoms with Crippen LogP contribution in [0.2, 0.25) is 0 Å². The van der Waals surface area contributed by atoms with Crippen molar-refractivity contribution in [2.45, 2.75) is 38.9 Å². The topological polar surface area (TPSA) is 50.8 Å². The van der Waals surface area contributed by atoms with Gasteiger partial charge >= 0.3 is 7.12 Å². The summed E-state index contributed by atoms with van der Waals surface area (Å²) in [6.45, 7) is 8.09. The summed E-state index contributed by atoms with van der Waals surface area (Å²) >= 11 is 0. The Morgan fingerprint density at radius 3 is 2.14 bits per heavy atom. The van der Waals surface area contributed by atoms with Gasteiger partial charge in [0.25, 0.3) is 5.91 Å². The standard InChI is InChI=1S/C16H25BN2O3/c1-15(2)16(3,4)22-17(21-15)11-8-9-12(13(10-11)18-5)14(20)19(6)7/h8-10,18H,1-7H3. The molecular formula is C16H25BN2O3. The summed E-state index contributed by atoms with van der Waals surface area (Å²) < 4.78 is 12.1. The maximum Gasteiger partial charge on any atom is 0.494 e. The van der Waals surface area contributed by atoms with Crippen LogP contribution in [0.25, 0.3) is 0 Å². The Labute approximate surface area is 133 Å². The summed E-state index contributed by atoms with van der Waals surface area (Å²) in [7, 11) is 4.85. The Morgan fingerprint density at radius 2 is 1.68 bits per heavy atom. The number of rotatable bonds is 3. The highest BCUT2D eigenvalue weighted by Gasteiger charge is 2.51. The minimum atomic E-state index is -0.430. The lowest BCUT2D eigenvalue weighted by atomic mass is 9.78. The normalized spacial score (nSPS) is 19.1. The molecule has 1 amide bonds. The van der Waals surface area contributed by atoms with E-state index in [0.29, 0.717) is 5.56 Å². The molecule has 0 atom stereocenters. The Balaban J connectivity index is 2.34. The van der Waals surface area contributed by atoms with Gasteiger partial charge in [0.1, 0.15) is 0 Å². The van der Waals surface area contributed by atoms with Crippen molar-refractivity contribution in [3.63, 3.8) is 0 Å². The van der Waals surface area contributed by atoms with Gasteiger partial charge in [-0.2, -0.15) is 0 Å². The summed E-state index contributed by atoms with van der Waals surface area (Å²) in [5.74, 6) is -0.0372. The second-order valence-electron chi connectivity index (χ2n) is 6.84. The van der Waals surface area contributed by atoms with Gasteiger partial charge in [-0.3, -0.25) is 4.79 Å². The lowest BCUT2D eigenvalue weighted by Gasteiger charge is -2.32. The van der Waals surface area contributed by atoms with Gasteiger partial charge in [-0.05, 0) is 45.3 Å². The van der Waals surface area contributed by atoms with Gasteiger partial charge in [0.15, 0.2) is 0 Å². The third kappa shape index (κ3) is 2.85. The number of nitrogens with zero attached hydrogens (tertiary/aromatic N) is 1. The molecule has 1 aliphatic rings. The van der Waals surface area contributed by atoms with Gasteiger partial charge < -0.3 is 19.5 Å². The number of carbonyl (C=O) groups excluding carboxylic acids is 1. The molecule has 0 spiro atoms. The molecule has 120 valence electrons.